The van der Waals surface area contributed by atoms with Gasteiger partial charge in [0.2, 0.25) is 0 Å². The fraction of sp³-hybridized carbons (Fsp3) is 0.636. The number of aromatic nitrogens is 2. The first-order chi connectivity index (χ1) is 8.74. The standard InChI is InChI=1S/C11H15BrF3N3O/c1-3-7(2)4-16-8-5-17-18(6-11(13,14)15)10(19)9(8)12/h5,7,16H,3-4,6H2,1-2H3. The smallest absolute Gasteiger partial charge is 0.382 e. The molecule has 0 aliphatic heterocycles. The Bertz CT molecular complexity index is 487. The van der Waals surface area contributed by atoms with Gasteiger partial charge >= 0.3 is 6.18 Å². The van der Waals surface area contributed by atoms with Crippen molar-refractivity contribution in [2.75, 3.05) is 11.9 Å². The average Bonchev–Trinajstić information content (AvgIpc) is 2.32. The first-order valence-electron chi connectivity index (χ1n) is 5.80. The van der Waals surface area contributed by atoms with E-state index in [1.54, 1.807) is 0 Å². The first kappa shape index (κ1) is 16.0. The molecule has 1 aromatic rings. The van der Waals surface area contributed by atoms with Crippen LogP contribution in [0.1, 0.15) is 20.3 Å². The number of nitrogens with zero attached hydrogens (tertiary/aromatic N) is 2. The van der Waals surface area contributed by atoms with Crippen molar-refractivity contribution in [2.24, 2.45) is 5.92 Å². The molecule has 0 amide bonds. The Morgan fingerprint density at radius 1 is 1.53 bits per heavy atom. The van der Waals surface area contributed by atoms with E-state index in [0.29, 0.717) is 22.8 Å². The Hall–Kier alpha value is -1.05. The van der Waals surface area contributed by atoms with Crippen molar-refractivity contribution in [3.8, 4) is 0 Å². The predicted octanol–water partition coefficient (Wildman–Crippen LogP) is 3.03. The molecule has 0 saturated carbocycles. The zero-order valence-electron chi connectivity index (χ0n) is 10.6. The first-order valence-corrected chi connectivity index (χ1v) is 6.60. The van der Waals surface area contributed by atoms with Crippen LogP contribution in [0.15, 0.2) is 15.5 Å². The second-order valence-electron chi connectivity index (χ2n) is 4.34. The van der Waals surface area contributed by atoms with Gasteiger partial charge in [-0.05, 0) is 21.8 Å². The van der Waals surface area contributed by atoms with Gasteiger partial charge in [-0.2, -0.15) is 18.3 Å². The monoisotopic (exact) mass is 341 g/mol. The predicted molar refractivity (Wildman–Crippen MR) is 70.2 cm³/mol. The third-order valence-electron chi connectivity index (χ3n) is 2.65. The Labute approximate surface area is 117 Å². The molecule has 1 aromatic heterocycles. The summed E-state index contributed by atoms with van der Waals surface area (Å²) in [7, 11) is 0. The topological polar surface area (TPSA) is 46.9 Å². The van der Waals surface area contributed by atoms with E-state index in [4.69, 9.17) is 0 Å². The van der Waals surface area contributed by atoms with Gasteiger partial charge in [0.15, 0.2) is 0 Å². The highest BCUT2D eigenvalue weighted by Gasteiger charge is 2.29. The molecule has 108 valence electrons. The van der Waals surface area contributed by atoms with E-state index in [-0.39, 0.29) is 4.47 Å². The van der Waals surface area contributed by atoms with E-state index in [1.165, 1.54) is 6.20 Å². The van der Waals surface area contributed by atoms with Crippen molar-refractivity contribution in [2.45, 2.75) is 33.0 Å². The molecule has 1 rings (SSSR count). The minimum Gasteiger partial charge on any atom is -0.382 e. The summed E-state index contributed by atoms with van der Waals surface area (Å²) in [6.07, 6.45) is -2.29. The molecular weight excluding hydrogens is 327 g/mol. The van der Waals surface area contributed by atoms with Gasteiger partial charge < -0.3 is 5.32 Å². The highest BCUT2D eigenvalue weighted by atomic mass is 79.9. The van der Waals surface area contributed by atoms with Gasteiger partial charge in [-0.3, -0.25) is 4.79 Å². The van der Waals surface area contributed by atoms with Crippen molar-refractivity contribution < 1.29 is 13.2 Å². The van der Waals surface area contributed by atoms with Crippen LogP contribution in [0, 0.1) is 5.92 Å². The molecule has 1 atom stereocenters. The van der Waals surface area contributed by atoms with Crippen LogP contribution in [0.4, 0.5) is 18.9 Å². The van der Waals surface area contributed by atoms with Gasteiger partial charge in [-0.25, -0.2) is 4.68 Å². The molecule has 0 aromatic carbocycles. The summed E-state index contributed by atoms with van der Waals surface area (Å²) in [6, 6.07) is 0. The van der Waals surface area contributed by atoms with Crippen LogP contribution < -0.4 is 10.9 Å². The Morgan fingerprint density at radius 2 is 2.16 bits per heavy atom. The van der Waals surface area contributed by atoms with Crippen LogP contribution in [-0.2, 0) is 6.54 Å². The highest BCUT2D eigenvalue weighted by molar-refractivity contribution is 9.10. The second-order valence-corrected chi connectivity index (χ2v) is 5.14. The maximum absolute atomic E-state index is 12.2. The lowest BCUT2D eigenvalue weighted by Crippen LogP contribution is -2.31. The van der Waals surface area contributed by atoms with E-state index in [2.05, 4.69) is 26.3 Å². The van der Waals surface area contributed by atoms with Gasteiger partial charge in [0.05, 0.1) is 11.9 Å². The fourth-order valence-corrected chi connectivity index (χ4v) is 1.75. The molecule has 0 saturated heterocycles. The lowest BCUT2D eigenvalue weighted by atomic mass is 10.1. The normalized spacial score (nSPS) is 13.4. The molecule has 0 aliphatic carbocycles. The number of alkyl halides is 3. The van der Waals surface area contributed by atoms with Crippen LogP contribution in [-0.4, -0.2) is 22.5 Å². The minimum absolute atomic E-state index is 0.0649. The SMILES string of the molecule is CCC(C)CNc1cnn(CC(F)(F)F)c(=O)c1Br. The minimum atomic E-state index is -4.47. The van der Waals surface area contributed by atoms with Crippen LogP contribution >= 0.6 is 15.9 Å². The lowest BCUT2D eigenvalue weighted by Gasteiger charge is -2.14. The molecule has 1 unspecified atom stereocenters. The largest absolute Gasteiger partial charge is 0.408 e. The highest BCUT2D eigenvalue weighted by Crippen LogP contribution is 2.19. The summed E-state index contributed by atoms with van der Waals surface area (Å²) >= 11 is 3.01. The molecule has 4 nitrogen and oxygen atoms in total. The van der Waals surface area contributed by atoms with E-state index < -0.39 is 18.3 Å². The average molecular weight is 342 g/mol. The molecule has 0 bridgehead atoms. The fourth-order valence-electron chi connectivity index (χ4n) is 1.30. The third-order valence-corrected chi connectivity index (χ3v) is 3.42. The molecule has 8 heteroatoms. The van der Waals surface area contributed by atoms with Gasteiger partial charge in [0.1, 0.15) is 11.0 Å². The number of rotatable bonds is 5. The van der Waals surface area contributed by atoms with E-state index in [1.807, 2.05) is 13.8 Å². The van der Waals surface area contributed by atoms with Crippen molar-refractivity contribution in [3.63, 3.8) is 0 Å². The van der Waals surface area contributed by atoms with Crippen LogP contribution in [0.3, 0.4) is 0 Å². The van der Waals surface area contributed by atoms with E-state index in [9.17, 15) is 18.0 Å². The molecule has 0 aliphatic rings. The molecular formula is C11H15BrF3N3O. The van der Waals surface area contributed by atoms with Gasteiger partial charge in [0.25, 0.3) is 5.56 Å². The maximum Gasteiger partial charge on any atom is 0.408 e. The quantitative estimate of drug-likeness (QED) is 0.895. The van der Waals surface area contributed by atoms with Crippen molar-refractivity contribution in [3.05, 3.63) is 21.0 Å². The molecule has 0 spiro atoms. The van der Waals surface area contributed by atoms with Crippen molar-refractivity contribution in [1.82, 2.24) is 9.78 Å². The lowest BCUT2D eigenvalue weighted by molar-refractivity contribution is -0.143. The van der Waals surface area contributed by atoms with E-state index >= 15 is 0 Å². The Kier molecular flexibility index (Phi) is 5.39. The Balaban J connectivity index is 2.89. The molecule has 1 heterocycles. The van der Waals surface area contributed by atoms with Crippen LogP contribution in [0.5, 0.6) is 0 Å². The number of anilines is 1. The molecule has 0 radical (unpaired) electrons. The van der Waals surface area contributed by atoms with Crippen molar-refractivity contribution in [1.29, 1.82) is 0 Å². The summed E-state index contributed by atoms with van der Waals surface area (Å²) < 4.78 is 37.1. The molecule has 1 N–H and O–H groups in total. The van der Waals surface area contributed by atoms with Crippen molar-refractivity contribution >= 4 is 21.6 Å². The van der Waals surface area contributed by atoms with Gasteiger partial charge in [-0.15, -0.1) is 0 Å². The second kappa shape index (κ2) is 6.40. The summed E-state index contributed by atoms with van der Waals surface area (Å²) in [4.78, 5) is 11.7. The summed E-state index contributed by atoms with van der Waals surface area (Å²) in [6.45, 7) is 3.29. The zero-order chi connectivity index (χ0) is 14.6. The van der Waals surface area contributed by atoms with Crippen LogP contribution in [0.25, 0.3) is 0 Å². The molecule has 19 heavy (non-hydrogen) atoms. The zero-order valence-corrected chi connectivity index (χ0v) is 12.2. The van der Waals surface area contributed by atoms with Crippen LogP contribution in [0.2, 0.25) is 0 Å². The van der Waals surface area contributed by atoms with Gasteiger partial charge in [-0.1, -0.05) is 20.3 Å². The number of hydrogen-bond acceptors (Lipinski definition) is 3. The summed E-state index contributed by atoms with van der Waals surface area (Å²) in [5.41, 5.74) is -0.393. The molecule has 0 fully saturated rings. The Morgan fingerprint density at radius 3 is 2.68 bits per heavy atom. The van der Waals surface area contributed by atoms with E-state index in [0.717, 1.165) is 6.42 Å². The maximum atomic E-state index is 12.2. The number of halogens is 4. The third kappa shape index (κ3) is 4.85. The summed E-state index contributed by atoms with van der Waals surface area (Å²) in [5, 5.41) is 6.51. The number of hydrogen-bond donors (Lipinski definition) is 1. The summed E-state index contributed by atoms with van der Waals surface area (Å²) in [5.74, 6) is 0.393. The number of nitrogens with one attached hydrogen (secondary N) is 1. The van der Waals surface area contributed by atoms with Gasteiger partial charge in [0, 0.05) is 6.54 Å².